The van der Waals surface area contributed by atoms with Crippen molar-refractivity contribution in [1.82, 2.24) is 0 Å². The van der Waals surface area contributed by atoms with E-state index in [9.17, 15) is 18.0 Å². The standard InChI is InChI=1S/C14H8BrF3OS/c15-8-2-1-3-9(6-8)20-7-12(19)10-4-5-11(16)14(18)13(10)17/h1-6H,7H2. The summed E-state index contributed by atoms with van der Waals surface area (Å²) in [7, 11) is 0. The van der Waals surface area contributed by atoms with E-state index in [0.29, 0.717) is 0 Å². The van der Waals surface area contributed by atoms with Crippen molar-refractivity contribution >= 4 is 33.5 Å². The first-order chi connectivity index (χ1) is 9.49. The van der Waals surface area contributed by atoms with Crippen molar-refractivity contribution in [2.24, 2.45) is 0 Å². The number of Topliss-reactive ketones (excluding diaryl/α,β-unsaturated/α-hetero) is 1. The number of thioether (sulfide) groups is 1. The van der Waals surface area contributed by atoms with Crippen LogP contribution >= 0.6 is 27.7 Å². The van der Waals surface area contributed by atoms with Gasteiger partial charge in [0.2, 0.25) is 0 Å². The molecule has 6 heteroatoms. The highest BCUT2D eigenvalue weighted by molar-refractivity contribution is 9.10. The molecule has 0 aliphatic carbocycles. The van der Waals surface area contributed by atoms with Gasteiger partial charge in [0, 0.05) is 9.37 Å². The zero-order valence-corrected chi connectivity index (χ0v) is 12.4. The van der Waals surface area contributed by atoms with Crippen molar-refractivity contribution in [3.8, 4) is 0 Å². The van der Waals surface area contributed by atoms with Gasteiger partial charge < -0.3 is 0 Å². The van der Waals surface area contributed by atoms with Crippen molar-refractivity contribution in [3.05, 3.63) is 63.9 Å². The maximum absolute atomic E-state index is 13.5. The van der Waals surface area contributed by atoms with Crippen LogP contribution in [0.15, 0.2) is 45.8 Å². The molecule has 2 aromatic rings. The third kappa shape index (κ3) is 3.43. The molecule has 0 aliphatic heterocycles. The van der Waals surface area contributed by atoms with Gasteiger partial charge in [-0.3, -0.25) is 4.79 Å². The number of hydrogen-bond donors (Lipinski definition) is 0. The summed E-state index contributed by atoms with van der Waals surface area (Å²) >= 11 is 4.49. The molecule has 1 nitrogen and oxygen atoms in total. The minimum Gasteiger partial charge on any atom is -0.293 e. The Morgan fingerprint density at radius 3 is 2.55 bits per heavy atom. The number of hydrogen-bond acceptors (Lipinski definition) is 2. The summed E-state index contributed by atoms with van der Waals surface area (Å²) in [6.07, 6.45) is 0. The second-order valence-corrected chi connectivity index (χ2v) is 5.86. The lowest BCUT2D eigenvalue weighted by Crippen LogP contribution is -2.08. The van der Waals surface area contributed by atoms with Gasteiger partial charge in [0.25, 0.3) is 0 Å². The van der Waals surface area contributed by atoms with E-state index in [1.165, 1.54) is 11.8 Å². The first-order valence-electron chi connectivity index (χ1n) is 5.54. The van der Waals surface area contributed by atoms with E-state index in [2.05, 4.69) is 15.9 Å². The topological polar surface area (TPSA) is 17.1 Å². The number of ketones is 1. The molecule has 104 valence electrons. The van der Waals surface area contributed by atoms with Gasteiger partial charge >= 0.3 is 0 Å². The summed E-state index contributed by atoms with van der Waals surface area (Å²) in [6.45, 7) is 0. The van der Waals surface area contributed by atoms with Crippen molar-refractivity contribution in [2.75, 3.05) is 5.75 Å². The van der Waals surface area contributed by atoms with Crippen LogP contribution in [-0.2, 0) is 0 Å². The summed E-state index contributed by atoms with van der Waals surface area (Å²) in [4.78, 5) is 12.6. The monoisotopic (exact) mass is 360 g/mol. The molecule has 0 aromatic heterocycles. The molecular weight excluding hydrogens is 353 g/mol. The summed E-state index contributed by atoms with van der Waals surface area (Å²) in [5, 5.41) is 0. The molecule has 0 atom stereocenters. The molecule has 20 heavy (non-hydrogen) atoms. The zero-order valence-electron chi connectivity index (χ0n) is 10.00. The van der Waals surface area contributed by atoms with Crippen LogP contribution in [0.25, 0.3) is 0 Å². The second kappa shape index (κ2) is 6.45. The van der Waals surface area contributed by atoms with Gasteiger partial charge in [-0.05, 0) is 30.3 Å². The predicted octanol–water partition coefficient (Wildman–Crippen LogP) is 4.84. The molecule has 2 aromatic carbocycles. The Morgan fingerprint density at radius 1 is 1.10 bits per heavy atom. The number of benzene rings is 2. The van der Waals surface area contributed by atoms with Crippen molar-refractivity contribution < 1.29 is 18.0 Å². The lowest BCUT2D eigenvalue weighted by atomic mass is 10.1. The number of rotatable bonds is 4. The van der Waals surface area contributed by atoms with Gasteiger partial charge in [-0.15, -0.1) is 11.8 Å². The SMILES string of the molecule is O=C(CSc1cccc(Br)c1)c1ccc(F)c(F)c1F. The molecule has 0 fully saturated rings. The van der Waals surface area contributed by atoms with Crippen LogP contribution in [-0.4, -0.2) is 11.5 Å². The predicted molar refractivity (Wildman–Crippen MR) is 75.5 cm³/mol. The van der Waals surface area contributed by atoms with Crippen LogP contribution in [0.1, 0.15) is 10.4 Å². The molecule has 0 radical (unpaired) electrons. The van der Waals surface area contributed by atoms with Crippen LogP contribution in [0.4, 0.5) is 13.2 Å². The average Bonchev–Trinajstić information content (AvgIpc) is 2.42. The summed E-state index contributed by atoms with van der Waals surface area (Å²) in [5.41, 5.74) is -0.439. The third-order valence-electron chi connectivity index (χ3n) is 2.50. The molecule has 2 rings (SSSR count). The second-order valence-electron chi connectivity index (χ2n) is 3.89. The number of halogens is 4. The minimum atomic E-state index is -1.62. The number of carbonyl (C=O) groups is 1. The van der Waals surface area contributed by atoms with Crippen molar-refractivity contribution in [3.63, 3.8) is 0 Å². The molecule has 0 N–H and O–H groups in total. The molecule has 0 unspecified atom stereocenters. The lowest BCUT2D eigenvalue weighted by molar-refractivity contribution is 0.101. The molecule has 0 saturated heterocycles. The quantitative estimate of drug-likeness (QED) is 0.440. The average molecular weight is 361 g/mol. The molecular formula is C14H8BrF3OS. The van der Waals surface area contributed by atoms with Gasteiger partial charge in [0.15, 0.2) is 23.2 Å². The Morgan fingerprint density at radius 2 is 1.85 bits per heavy atom. The van der Waals surface area contributed by atoms with Gasteiger partial charge in [0.1, 0.15) is 0 Å². The van der Waals surface area contributed by atoms with Crippen LogP contribution in [0.5, 0.6) is 0 Å². The maximum atomic E-state index is 13.5. The Kier molecular flexibility index (Phi) is 4.88. The highest BCUT2D eigenvalue weighted by atomic mass is 79.9. The summed E-state index contributed by atoms with van der Waals surface area (Å²) in [6, 6.07) is 8.94. The van der Waals surface area contributed by atoms with Crippen LogP contribution < -0.4 is 0 Å². The van der Waals surface area contributed by atoms with Gasteiger partial charge in [-0.1, -0.05) is 22.0 Å². The lowest BCUT2D eigenvalue weighted by Gasteiger charge is -2.04. The molecule has 0 heterocycles. The molecule has 0 saturated carbocycles. The highest BCUT2D eigenvalue weighted by Crippen LogP contribution is 2.24. The molecule has 0 spiro atoms. The number of carbonyl (C=O) groups excluding carboxylic acids is 1. The van der Waals surface area contributed by atoms with E-state index in [0.717, 1.165) is 21.5 Å². The first kappa shape index (κ1) is 15.1. The van der Waals surface area contributed by atoms with Crippen LogP contribution in [0, 0.1) is 17.5 Å². The fourth-order valence-electron chi connectivity index (χ4n) is 1.52. The van der Waals surface area contributed by atoms with Gasteiger partial charge in [-0.2, -0.15) is 0 Å². The van der Waals surface area contributed by atoms with E-state index in [-0.39, 0.29) is 5.75 Å². The van der Waals surface area contributed by atoms with Crippen LogP contribution in [0.2, 0.25) is 0 Å². The normalized spacial score (nSPS) is 10.6. The Balaban J connectivity index is 2.11. The summed E-state index contributed by atoms with van der Waals surface area (Å²) < 4.78 is 40.1. The maximum Gasteiger partial charge on any atom is 0.195 e. The van der Waals surface area contributed by atoms with E-state index in [1.54, 1.807) is 18.2 Å². The van der Waals surface area contributed by atoms with Crippen molar-refractivity contribution in [2.45, 2.75) is 4.90 Å². The van der Waals surface area contributed by atoms with Gasteiger partial charge in [0.05, 0.1) is 11.3 Å². The van der Waals surface area contributed by atoms with E-state index < -0.39 is 28.8 Å². The largest absolute Gasteiger partial charge is 0.293 e. The third-order valence-corrected chi connectivity index (χ3v) is 3.99. The van der Waals surface area contributed by atoms with E-state index in [4.69, 9.17) is 0 Å². The first-order valence-corrected chi connectivity index (χ1v) is 7.32. The Labute approximate surface area is 126 Å². The Bertz CT molecular complexity index is 661. The highest BCUT2D eigenvalue weighted by Gasteiger charge is 2.18. The summed E-state index contributed by atoms with van der Waals surface area (Å²) in [5.74, 6) is -5.02. The zero-order chi connectivity index (χ0) is 14.7. The Hall–Kier alpha value is -1.27. The van der Waals surface area contributed by atoms with Crippen molar-refractivity contribution in [1.29, 1.82) is 0 Å². The molecule has 0 aliphatic rings. The van der Waals surface area contributed by atoms with Crippen LogP contribution in [0.3, 0.4) is 0 Å². The van der Waals surface area contributed by atoms with E-state index >= 15 is 0 Å². The molecule has 0 bridgehead atoms. The molecule has 0 amide bonds. The fourth-order valence-corrected chi connectivity index (χ4v) is 2.91. The smallest absolute Gasteiger partial charge is 0.195 e. The minimum absolute atomic E-state index is 0.0571. The van der Waals surface area contributed by atoms with E-state index in [1.807, 2.05) is 6.07 Å². The fraction of sp³-hybridized carbons (Fsp3) is 0.0714. The van der Waals surface area contributed by atoms with Gasteiger partial charge in [-0.25, -0.2) is 13.2 Å².